The quantitative estimate of drug-likeness (QED) is 0.776. The SMILES string of the molecule is c1coc(SCCC2CCNCC2)n1. The van der Waals surface area contributed by atoms with Crippen molar-refractivity contribution in [2.24, 2.45) is 5.92 Å². The number of aromatic nitrogens is 1. The summed E-state index contributed by atoms with van der Waals surface area (Å²) in [6.07, 6.45) is 7.27. The highest BCUT2D eigenvalue weighted by Crippen LogP contribution is 2.22. The molecule has 1 aromatic heterocycles. The van der Waals surface area contributed by atoms with Gasteiger partial charge in [0.25, 0.3) is 5.22 Å². The Bertz CT molecular complexity index is 245. The Hall–Kier alpha value is -0.480. The van der Waals surface area contributed by atoms with Gasteiger partial charge in [0, 0.05) is 5.75 Å². The third kappa shape index (κ3) is 3.03. The molecular weight excluding hydrogens is 196 g/mol. The topological polar surface area (TPSA) is 38.1 Å². The Balaban J connectivity index is 1.62. The Kier molecular flexibility index (Phi) is 3.89. The third-order valence-corrected chi connectivity index (χ3v) is 3.51. The molecule has 0 radical (unpaired) electrons. The van der Waals surface area contributed by atoms with E-state index in [1.807, 2.05) is 0 Å². The lowest BCUT2D eigenvalue weighted by Gasteiger charge is -2.21. The van der Waals surface area contributed by atoms with E-state index in [2.05, 4.69) is 10.3 Å². The fourth-order valence-electron chi connectivity index (χ4n) is 1.76. The fourth-order valence-corrected chi connectivity index (χ4v) is 2.65. The van der Waals surface area contributed by atoms with E-state index in [0.717, 1.165) is 16.9 Å². The van der Waals surface area contributed by atoms with E-state index in [-0.39, 0.29) is 0 Å². The van der Waals surface area contributed by atoms with E-state index in [9.17, 15) is 0 Å². The van der Waals surface area contributed by atoms with Gasteiger partial charge in [-0.15, -0.1) is 0 Å². The van der Waals surface area contributed by atoms with Gasteiger partial charge in [-0.1, -0.05) is 11.8 Å². The lowest BCUT2D eigenvalue weighted by atomic mass is 9.96. The Morgan fingerprint density at radius 3 is 3.07 bits per heavy atom. The number of oxazole rings is 1. The molecule has 0 bridgehead atoms. The maximum absolute atomic E-state index is 5.16. The van der Waals surface area contributed by atoms with Crippen LogP contribution < -0.4 is 5.32 Å². The lowest BCUT2D eigenvalue weighted by molar-refractivity contribution is 0.367. The molecule has 1 saturated heterocycles. The molecular formula is C10H16N2OS. The summed E-state index contributed by atoms with van der Waals surface area (Å²) in [5, 5.41) is 4.19. The van der Waals surface area contributed by atoms with Crippen molar-refractivity contribution in [2.45, 2.75) is 24.5 Å². The van der Waals surface area contributed by atoms with Crippen molar-refractivity contribution in [3.05, 3.63) is 12.5 Å². The molecule has 1 aliphatic rings. The predicted molar refractivity (Wildman–Crippen MR) is 57.4 cm³/mol. The van der Waals surface area contributed by atoms with Crippen LogP contribution in [0.1, 0.15) is 19.3 Å². The maximum atomic E-state index is 5.16. The van der Waals surface area contributed by atoms with Crippen LogP contribution in [-0.4, -0.2) is 23.8 Å². The molecule has 0 atom stereocenters. The largest absolute Gasteiger partial charge is 0.440 e. The summed E-state index contributed by atoms with van der Waals surface area (Å²) in [6.45, 7) is 2.38. The van der Waals surface area contributed by atoms with Crippen molar-refractivity contribution >= 4 is 11.8 Å². The van der Waals surface area contributed by atoms with Crippen LogP contribution in [0.3, 0.4) is 0 Å². The van der Waals surface area contributed by atoms with E-state index in [1.165, 1.54) is 32.4 Å². The average Bonchev–Trinajstić information content (AvgIpc) is 2.72. The predicted octanol–water partition coefficient (Wildman–Crippen LogP) is 2.16. The first-order chi connectivity index (χ1) is 6.95. The molecule has 1 fully saturated rings. The fraction of sp³-hybridized carbons (Fsp3) is 0.700. The standard InChI is InChI=1S/C10H16N2OS/c1-4-11-5-2-9(1)3-8-14-10-12-6-7-13-10/h6-7,9,11H,1-5,8H2. The first-order valence-electron chi connectivity index (χ1n) is 5.18. The summed E-state index contributed by atoms with van der Waals surface area (Å²) in [5.41, 5.74) is 0. The van der Waals surface area contributed by atoms with Crippen LogP contribution in [0.15, 0.2) is 22.1 Å². The highest BCUT2D eigenvalue weighted by Gasteiger charge is 2.12. The van der Waals surface area contributed by atoms with E-state index in [4.69, 9.17) is 4.42 Å². The molecule has 1 aliphatic heterocycles. The first kappa shape index (κ1) is 10.1. The van der Waals surface area contributed by atoms with Crippen molar-refractivity contribution in [2.75, 3.05) is 18.8 Å². The molecule has 2 rings (SSSR count). The Morgan fingerprint density at radius 2 is 2.36 bits per heavy atom. The summed E-state index contributed by atoms with van der Waals surface area (Å²) < 4.78 is 5.16. The van der Waals surface area contributed by atoms with Gasteiger partial charge in [0.15, 0.2) is 0 Å². The summed E-state index contributed by atoms with van der Waals surface area (Å²) in [6, 6.07) is 0. The number of thioether (sulfide) groups is 1. The minimum atomic E-state index is 0.805. The van der Waals surface area contributed by atoms with Crippen LogP contribution in [0.5, 0.6) is 0 Å². The number of rotatable bonds is 4. The van der Waals surface area contributed by atoms with E-state index < -0.39 is 0 Å². The molecule has 2 heterocycles. The second-order valence-corrected chi connectivity index (χ2v) is 4.67. The summed E-state index contributed by atoms with van der Waals surface area (Å²) in [5.74, 6) is 2.03. The number of hydrogen-bond acceptors (Lipinski definition) is 4. The van der Waals surface area contributed by atoms with Crippen LogP contribution in [0.2, 0.25) is 0 Å². The molecule has 0 amide bonds. The van der Waals surface area contributed by atoms with Gasteiger partial charge in [-0.25, -0.2) is 4.98 Å². The van der Waals surface area contributed by atoms with Gasteiger partial charge in [0.2, 0.25) is 0 Å². The minimum Gasteiger partial charge on any atom is -0.440 e. The molecule has 0 spiro atoms. The van der Waals surface area contributed by atoms with Gasteiger partial charge >= 0.3 is 0 Å². The van der Waals surface area contributed by atoms with Crippen LogP contribution in [0.4, 0.5) is 0 Å². The number of nitrogens with zero attached hydrogens (tertiary/aromatic N) is 1. The van der Waals surface area contributed by atoms with Gasteiger partial charge in [-0.05, 0) is 38.3 Å². The zero-order chi connectivity index (χ0) is 9.64. The molecule has 0 aromatic carbocycles. The van der Waals surface area contributed by atoms with E-state index in [1.54, 1.807) is 24.2 Å². The summed E-state index contributed by atoms with van der Waals surface area (Å²) in [4.78, 5) is 4.08. The molecule has 1 aromatic rings. The normalized spacial score (nSPS) is 18.6. The molecule has 0 saturated carbocycles. The number of piperidine rings is 1. The summed E-state index contributed by atoms with van der Waals surface area (Å²) >= 11 is 1.72. The van der Waals surface area contributed by atoms with Crippen LogP contribution >= 0.6 is 11.8 Å². The summed E-state index contributed by atoms with van der Waals surface area (Å²) in [7, 11) is 0. The molecule has 14 heavy (non-hydrogen) atoms. The Labute approximate surface area is 88.7 Å². The zero-order valence-electron chi connectivity index (χ0n) is 8.24. The minimum absolute atomic E-state index is 0.805. The molecule has 3 nitrogen and oxygen atoms in total. The molecule has 4 heteroatoms. The third-order valence-electron chi connectivity index (χ3n) is 2.62. The van der Waals surface area contributed by atoms with Crippen LogP contribution in [0.25, 0.3) is 0 Å². The van der Waals surface area contributed by atoms with Crippen molar-refractivity contribution in [1.29, 1.82) is 0 Å². The van der Waals surface area contributed by atoms with Crippen LogP contribution in [-0.2, 0) is 0 Å². The van der Waals surface area contributed by atoms with Gasteiger partial charge in [-0.3, -0.25) is 0 Å². The van der Waals surface area contributed by atoms with E-state index >= 15 is 0 Å². The van der Waals surface area contributed by atoms with Crippen LogP contribution in [0, 0.1) is 5.92 Å². The molecule has 0 unspecified atom stereocenters. The second-order valence-electron chi connectivity index (χ2n) is 3.63. The number of nitrogens with one attached hydrogen (secondary N) is 1. The average molecular weight is 212 g/mol. The highest BCUT2D eigenvalue weighted by molar-refractivity contribution is 7.99. The second kappa shape index (κ2) is 5.41. The smallest absolute Gasteiger partial charge is 0.255 e. The highest BCUT2D eigenvalue weighted by atomic mass is 32.2. The molecule has 0 aliphatic carbocycles. The number of hydrogen-bond donors (Lipinski definition) is 1. The molecule has 1 N–H and O–H groups in total. The first-order valence-corrected chi connectivity index (χ1v) is 6.17. The monoisotopic (exact) mass is 212 g/mol. The van der Waals surface area contributed by atoms with E-state index in [0.29, 0.717) is 0 Å². The Morgan fingerprint density at radius 1 is 1.50 bits per heavy atom. The van der Waals surface area contributed by atoms with Gasteiger partial charge < -0.3 is 9.73 Å². The van der Waals surface area contributed by atoms with Gasteiger partial charge in [-0.2, -0.15) is 0 Å². The lowest BCUT2D eigenvalue weighted by Crippen LogP contribution is -2.27. The van der Waals surface area contributed by atoms with Crippen molar-refractivity contribution < 1.29 is 4.42 Å². The molecule has 78 valence electrons. The van der Waals surface area contributed by atoms with Crippen molar-refractivity contribution in [1.82, 2.24) is 10.3 Å². The van der Waals surface area contributed by atoms with Gasteiger partial charge in [0.05, 0.1) is 6.20 Å². The maximum Gasteiger partial charge on any atom is 0.255 e. The van der Waals surface area contributed by atoms with Gasteiger partial charge in [0.1, 0.15) is 6.26 Å². The van der Waals surface area contributed by atoms with Crippen molar-refractivity contribution in [3.8, 4) is 0 Å². The van der Waals surface area contributed by atoms with Crippen molar-refractivity contribution in [3.63, 3.8) is 0 Å². The zero-order valence-corrected chi connectivity index (χ0v) is 9.05.